The van der Waals surface area contributed by atoms with E-state index < -0.39 is 0 Å². The molecule has 0 amide bonds. The lowest BCUT2D eigenvalue weighted by Gasteiger charge is -1.78. The molecule has 0 saturated heterocycles. The topological polar surface area (TPSA) is 68.3 Å². The molecule has 2 heterocycles. The molecule has 2 aromatic rings. The van der Waals surface area contributed by atoms with Crippen molar-refractivity contribution in [2.75, 3.05) is 0 Å². The molecule has 5 heteroatoms. The zero-order valence-electron chi connectivity index (χ0n) is 5.89. The van der Waals surface area contributed by atoms with Crippen LogP contribution >= 0.6 is 0 Å². The summed E-state index contributed by atoms with van der Waals surface area (Å²) >= 11 is 0. The lowest BCUT2D eigenvalue weighted by molar-refractivity contribution is 0.560. The first-order valence-corrected chi connectivity index (χ1v) is 3.18. The van der Waals surface area contributed by atoms with Crippen molar-refractivity contribution in [2.24, 2.45) is 4.99 Å². The van der Waals surface area contributed by atoms with Crippen molar-refractivity contribution in [3.8, 4) is 0 Å². The zero-order chi connectivity index (χ0) is 8.39. The summed E-state index contributed by atoms with van der Waals surface area (Å²) in [7, 11) is 0. The molecule has 12 heavy (non-hydrogen) atoms. The first-order valence-electron chi connectivity index (χ1n) is 3.18. The van der Waals surface area contributed by atoms with Crippen LogP contribution in [-0.4, -0.2) is 16.0 Å². The van der Waals surface area contributed by atoms with Gasteiger partial charge < -0.3 is 4.42 Å². The Morgan fingerprint density at radius 3 is 3.25 bits per heavy atom. The SMILES string of the molecule is O=C=Nc1nc2cnccc2o1. The van der Waals surface area contributed by atoms with Crippen molar-refractivity contribution in [1.29, 1.82) is 0 Å². The Morgan fingerprint density at radius 1 is 1.58 bits per heavy atom. The van der Waals surface area contributed by atoms with E-state index in [0.717, 1.165) is 0 Å². The molecule has 0 spiro atoms. The second-order valence-corrected chi connectivity index (χ2v) is 2.04. The highest BCUT2D eigenvalue weighted by Crippen LogP contribution is 2.18. The van der Waals surface area contributed by atoms with Gasteiger partial charge in [-0.1, -0.05) is 0 Å². The second kappa shape index (κ2) is 2.56. The fourth-order valence-electron chi connectivity index (χ4n) is 0.855. The first kappa shape index (κ1) is 6.69. The molecule has 0 atom stereocenters. The van der Waals surface area contributed by atoms with Crippen LogP contribution in [0.1, 0.15) is 0 Å². The van der Waals surface area contributed by atoms with Gasteiger partial charge in [0.2, 0.25) is 6.08 Å². The molecule has 0 aliphatic rings. The molecule has 0 aliphatic heterocycles. The third kappa shape index (κ3) is 0.980. The maximum Gasteiger partial charge on any atom is 0.333 e. The van der Waals surface area contributed by atoms with Gasteiger partial charge in [-0.25, -0.2) is 4.79 Å². The Balaban J connectivity index is 2.69. The van der Waals surface area contributed by atoms with E-state index >= 15 is 0 Å². The van der Waals surface area contributed by atoms with Gasteiger partial charge in [0, 0.05) is 12.3 Å². The normalized spacial score (nSPS) is 9.67. The van der Waals surface area contributed by atoms with Crippen molar-refractivity contribution < 1.29 is 9.21 Å². The minimum absolute atomic E-state index is 0.00741. The number of pyridine rings is 1. The number of nitrogens with zero attached hydrogens (tertiary/aromatic N) is 3. The van der Waals surface area contributed by atoms with Crippen molar-refractivity contribution in [1.82, 2.24) is 9.97 Å². The molecular weight excluding hydrogens is 158 g/mol. The van der Waals surface area contributed by atoms with Crippen LogP contribution in [0.3, 0.4) is 0 Å². The van der Waals surface area contributed by atoms with Crippen LogP contribution in [0.2, 0.25) is 0 Å². The summed E-state index contributed by atoms with van der Waals surface area (Å²) in [6, 6.07) is 1.65. The Bertz CT molecular complexity index is 423. The predicted molar refractivity (Wildman–Crippen MR) is 39.6 cm³/mol. The maximum absolute atomic E-state index is 9.84. The van der Waals surface area contributed by atoms with Crippen LogP contribution < -0.4 is 0 Å². The fourth-order valence-corrected chi connectivity index (χ4v) is 0.855. The monoisotopic (exact) mass is 161 g/mol. The molecule has 0 radical (unpaired) electrons. The summed E-state index contributed by atoms with van der Waals surface area (Å²) in [6.45, 7) is 0. The number of fused-ring (bicyclic) bond motifs is 1. The van der Waals surface area contributed by atoms with E-state index in [1.165, 1.54) is 12.3 Å². The molecule has 0 bridgehead atoms. The Kier molecular flexibility index (Phi) is 1.43. The molecule has 2 aromatic heterocycles. The first-order chi connectivity index (χ1) is 5.90. The molecule has 0 saturated carbocycles. The lowest BCUT2D eigenvalue weighted by Crippen LogP contribution is -1.68. The van der Waals surface area contributed by atoms with Gasteiger partial charge in [-0.05, 0) is 0 Å². The van der Waals surface area contributed by atoms with Crippen LogP contribution in [0, 0.1) is 0 Å². The average molecular weight is 161 g/mol. The van der Waals surface area contributed by atoms with Gasteiger partial charge in [-0.3, -0.25) is 4.98 Å². The number of rotatable bonds is 1. The molecule has 0 aliphatic carbocycles. The molecule has 2 rings (SSSR count). The number of isocyanates is 1. The van der Waals surface area contributed by atoms with Gasteiger partial charge in [0.05, 0.1) is 6.20 Å². The molecule has 0 fully saturated rings. The van der Waals surface area contributed by atoms with Gasteiger partial charge in [-0.15, -0.1) is 4.99 Å². The molecule has 0 N–H and O–H groups in total. The van der Waals surface area contributed by atoms with Gasteiger partial charge in [0.15, 0.2) is 5.58 Å². The smallest absolute Gasteiger partial charge is 0.333 e. The van der Waals surface area contributed by atoms with E-state index in [2.05, 4.69) is 15.0 Å². The number of carbonyl (C=O) groups excluding carboxylic acids is 1. The summed E-state index contributed by atoms with van der Waals surface area (Å²) in [6.07, 6.45) is 4.45. The third-order valence-corrected chi connectivity index (χ3v) is 1.32. The Morgan fingerprint density at radius 2 is 2.50 bits per heavy atom. The van der Waals surface area contributed by atoms with Gasteiger partial charge in [-0.2, -0.15) is 4.98 Å². The van der Waals surface area contributed by atoms with Crippen molar-refractivity contribution in [2.45, 2.75) is 0 Å². The molecule has 0 aromatic carbocycles. The summed E-state index contributed by atoms with van der Waals surface area (Å²) < 4.78 is 5.03. The highest BCUT2D eigenvalue weighted by atomic mass is 16.4. The van der Waals surface area contributed by atoms with Crippen LogP contribution in [0.4, 0.5) is 6.01 Å². The predicted octanol–water partition coefficient (Wildman–Crippen LogP) is 1.19. The fraction of sp³-hybridized carbons (Fsp3) is 0. The van der Waals surface area contributed by atoms with E-state index in [9.17, 15) is 4.79 Å². The quantitative estimate of drug-likeness (QED) is 0.465. The second-order valence-electron chi connectivity index (χ2n) is 2.04. The zero-order valence-corrected chi connectivity index (χ0v) is 5.89. The lowest BCUT2D eigenvalue weighted by atomic mass is 10.4. The van der Waals surface area contributed by atoms with Crippen molar-refractivity contribution in [3.05, 3.63) is 18.5 Å². The molecule has 5 nitrogen and oxygen atoms in total. The third-order valence-electron chi connectivity index (χ3n) is 1.32. The van der Waals surface area contributed by atoms with Crippen LogP contribution in [0.15, 0.2) is 27.9 Å². The maximum atomic E-state index is 9.84. The number of aliphatic imine (C=N–C) groups is 1. The number of aromatic nitrogens is 2. The highest BCUT2D eigenvalue weighted by molar-refractivity contribution is 5.72. The standard InChI is InChI=1S/C7H3N3O2/c11-4-9-7-10-5-3-8-2-1-6(5)12-7/h1-3H. The summed E-state index contributed by atoms with van der Waals surface area (Å²) in [5.41, 5.74) is 1.13. The van der Waals surface area contributed by atoms with Crippen molar-refractivity contribution in [3.63, 3.8) is 0 Å². The van der Waals surface area contributed by atoms with Crippen LogP contribution in [0.5, 0.6) is 0 Å². The number of hydrogen-bond acceptors (Lipinski definition) is 5. The minimum atomic E-state index is 0.00741. The highest BCUT2D eigenvalue weighted by Gasteiger charge is 2.02. The molecule has 58 valence electrons. The summed E-state index contributed by atoms with van der Waals surface area (Å²) in [4.78, 5) is 20.7. The number of oxazole rings is 1. The van der Waals surface area contributed by atoms with Gasteiger partial charge >= 0.3 is 6.01 Å². The van der Waals surface area contributed by atoms with Crippen LogP contribution in [0.25, 0.3) is 11.1 Å². The van der Waals surface area contributed by atoms with E-state index in [4.69, 9.17) is 4.42 Å². The molecular formula is C7H3N3O2. The summed E-state index contributed by atoms with van der Waals surface area (Å²) in [5, 5.41) is 0. The molecule has 0 unspecified atom stereocenters. The van der Waals surface area contributed by atoms with E-state index in [0.29, 0.717) is 11.1 Å². The summed E-state index contributed by atoms with van der Waals surface area (Å²) in [5.74, 6) is 0. The van der Waals surface area contributed by atoms with Gasteiger partial charge in [0.1, 0.15) is 5.52 Å². The van der Waals surface area contributed by atoms with Gasteiger partial charge in [0.25, 0.3) is 0 Å². The Labute approximate surface area is 66.8 Å². The van der Waals surface area contributed by atoms with Crippen LogP contribution in [-0.2, 0) is 4.79 Å². The largest absolute Gasteiger partial charge is 0.421 e. The minimum Gasteiger partial charge on any atom is -0.421 e. The Hall–Kier alpha value is -2.00. The van der Waals surface area contributed by atoms with E-state index in [1.54, 1.807) is 12.3 Å². The number of hydrogen-bond donors (Lipinski definition) is 0. The van der Waals surface area contributed by atoms with E-state index in [-0.39, 0.29) is 6.01 Å². The average Bonchev–Trinajstić information content (AvgIpc) is 2.47. The van der Waals surface area contributed by atoms with E-state index in [1.807, 2.05) is 0 Å². The van der Waals surface area contributed by atoms with Crippen molar-refractivity contribution >= 4 is 23.2 Å².